The Balaban J connectivity index is 2.43. The van der Waals surface area contributed by atoms with Crippen LogP contribution in [0.1, 0.15) is 25.8 Å². The Hall–Kier alpha value is -1.71. The third-order valence-electron chi connectivity index (χ3n) is 3.48. The SMILES string of the molecule is CCCN(/N=C(\C)c1cc(Cl)ccc1NC)c1ccccc1Cl. The average Bonchev–Trinajstić information content (AvgIpc) is 2.55. The van der Waals surface area contributed by atoms with Crippen LogP contribution in [0.25, 0.3) is 0 Å². The Labute approximate surface area is 147 Å². The number of rotatable bonds is 6. The number of hydrogen-bond donors (Lipinski definition) is 1. The van der Waals surface area contributed by atoms with Gasteiger partial charge in [0.15, 0.2) is 0 Å². The molecule has 0 bridgehead atoms. The molecule has 0 atom stereocenters. The minimum atomic E-state index is 0.688. The summed E-state index contributed by atoms with van der Waals surface area (Å²) < 4.78 is 0. The molecule has 3 nitrogen and oxygen atoms in total. The van der Waals surface area contributed by atoms with Crippen LogP contribution in [0.5, 0.6) is 0 Å². The van der Waals surface area contributed by atoms with E-state index >= 15 is 0 Å². The van der Waals surface area contributed by atoms with Gasteiger partial charge in [0.05, 0.1) is 16.4 Å². The highest BCUT2D eigenvalue weighted by molar-refractivity contribution is 6.33. The third-order valence-corrected chi connectivity index (χ3v) is 4.03. The molecule has 0 unspecified atom stereocenters. The van der Waals surface area contributed by atoms with Crippen LogP contribution in [-0.2, 0) is 0 Å². The van der Waals surface area contributed by atoms with E-state index in [2.05, 4.69) is 12.2 Å². The van der Waals surface area contributed by atoms with Crippen molar-refractivity contribution in [3.8, 4) is 0 Å². The molecule has 2 rings (SSSR count). The summed E-state index contributed by atoms with van der Waals surface area (Å²) >= 11 is 12.5. The number of para-hydroxylation sites is 1. The summed E-state index contributed by atoms with van der Waals surface area (Å²) in [4.78, 5) is 0. The largest absolute Gasteiger partial charge is 0.388 e. The van der Waals surface area contributed by atoms with Crippen LogP contribution in [0.3, 0.4) is 0 Å². The first kappa shape index (κ1) is 17.6. The second kappa shape index (κ2) is 8.23. The van der Waals surface area contributed by atoms with Crippen LogP contribution in [0, 0.1) is 0 Å². The maximum absolute atomic E-state index is 6.32. The van der Waals surface area contributed by atoms with Gasteiger partial charge in [-0.1, -0.05) is 42.3 Å². The van der Waals surface area contributed by atoms with Gasteiger partial charge in [0.25, 0.3) is 0 Å². The first-order valence-corrected chi connectivity index (χ1v) is 8.37. The summed E-state index contributed by atoms with van der Waals surface area (Å²) in [6.45, 7) is 4.88. The summed E-state index contributed by atoms with van der Waals surface area (Å²) in [6.07, 6.45) is 0.969. The lowest BCUT2D eigenvalue weighted by atomic mass is 10.1. The molecule has 0 saturated carbocycles. The summed E-state index contributed by atoms with van der Waals surface area (Å²) in [5, 5.41) is 11.3. The lowest BCUT2D eigenvalue weighted by Gasteiger charge is -2.21. The summed E-state index contributed by atoms with van der Waals surface area (Å²) in [6, 6.07) is 13.5. The van der Waals surface area contributed by atoms with Crippen molar-refractivity contribution in [3.05, 3.63) is 58.1 Å². The van der Waals surface area contributed by atoms with Gasteiger partial charge >= 0.3 is 0 Å². The lowest BCUT2D eigenvalue weighted by molar-refractivity contribution is 0.806. The zero-order valence-electron chi connectivity index (χ0n) is 13.6. The van der Waals surface area contributed by atoms with E-state index in [-0.39, 0.29) is 0 Å². The Morgan fingerprint density at radius 1 is 1.17 bits per heavy atom. The lowest BCUT2D eigenvalue weighted by Crippen LogP contribution is -2.20. The van der Waals surface area contributed by atoms with Crippen LogP contribution in [0.2, 0.25) is 10.0 Å². The highest BCUT2D eigenvalue weighted by Crippen LogP contribution is 2.27. The van der Waals surface area contributed by atoms with E-state index in [9.17, 15) is 0 Å². The first-order valence-electron chi connectivity index (χ1n) is 7.61. The van der Waals surface area contributed by atoms with Crippen LogP contribution in [-0.4, -0.2) is 19.3 Å². The molecule has 0 aliphatic carbocycles. The molecule has 122 valence electrons. The Morgan fingerprint density at radius 2 is 1.91 bits per heavy atom. The summed E-state index contributed by atoms with van der Waals surface area (Å²) in [7, 11) is 1.89. The molecule has 0 aliphatic heterocycles. The fraction of sp³-hybridized carbons (Fsp3) is 0.278. The van der Waals surface area contributed by atoms with Crippen molar-refractivity contribution in [2.75, 3.05) is 23.9 Å². The van der Waals surface area contributed by atoms with Gasteiger partial charge < -0.3 is 5.32 Å². The highest BCUT2D eigenvalue weighted by atomic mass is 35.5. The van der Waals surface area contributed by atoms with Crippen molar-refractivity contribution in [3.63, 3.8) is 0 Å². The molecule has 0 amide bonds. The van der Waals surface area contributed by atoms with Crippen molar-refractivity contribution in [2.45, 2.75) is 20.3 Å². The third kappa shape index (κ3) is 4.40. The summed E-state index contributed by atoms with van der Waals surface area (Å²) in [5.74, 6) is 0. The number of anilines is 2. The number of nitrogens with one attached hydrogen (secondary N) is 1. The van der Waals surface area contributed by atoms with Crippen molar-refractivity contribution >= 4 is 40.3 Å². The smallest absolute Gasteiger partial charge is 0.0780 e. The number of benzene rings is 2. The molecule has 0 saturated heterocycles. The maximum atomic E-state index is 6.32. The molecule has 5 heteroatoms. The molecule has 0 spiro atoms. The molecular formula is C18H21Cl2N3. The Morgan fingerprint density at radius 3 is 2.57 bits per heavy atom. The normalized spacial score (nSPS) is 11.4. The number of hydrazone groups is 1. The zero-order chi connectivity index (χ0) is 16.8. The van der Waals surface area contributed by atoms with Crippen molar-refractivity contribution < 1.29 is 0 Å². The van der Waals surface area contributed by atoms with Crippen molar-refractivity contribution in [1.82, 2.24) is 0 Å². The van der Waals surface area contributed by atoms with Crippen molar-refractivity contribution in [1.29, 1.82) is 0 Å². The molecule has 23 heavy (non-hydrogen) atoms. The predicted octanol–water partition coefficient (Wildman–Crippen LogP) is 5.68. The molecule has 0 aliphatic rings. The molecular weight excluding hydrogens is 329 g/mol. The number of halogens is 2. The van der Waals surface area contributed by atoms with E-state index in [1.165, 1.54) is 0 Å². The fourth-order valence-electron chi connectivity index (χ4n) is 2.37. The molecule has 0 aromatic heterocycles. The van der Waals surface area contributed by atoms with E-state index in [1.54, 1.807) is 0 Å². The molecule has 2 aromatic carbocycles. The van der Waals surface area contributed by atoms with Gasteiger partial charge in [0.2, 0.25) is 0 Å². The monoisotopic (exact) mass is 349 g/mol. The molecule has 0 radical (unpaired) electrons. The number of nitrogens with zero attached hydrogens (tertiary/aromatic N) is 2. The standard InChI is InChI=1S/C18H21Cl2N3/c1-4-11-23(18-8-6-5-7-16(18)20)22-13(2)15-12-14(19)9-10-17(15)21-3/h5-10,12,21H,4,11H2,1-3H3/b22-13+. The van der Waals surface area contributed by atoms with Gasteiger partial charge in [-0.3, -0.25) is 5.01 Å². The van der Waals surface area contributed by atoms with Gasteiger partial charge in [-0.2, -0.15) is 5.10 Å². The van der Waals surface area contributed by atoms with Gasteiger partial charge in [-0.25, -0.2) is 0 Å². The molecule has 0 heterocycles. The second-order valence-corrected chi connectivity index (χ2v) is 6.04. The van der Waals surface area contributed by atoms with E-state index in [0.717, 1.165) is 35.6 Å². The second-order valence-electron chi connectivity index (χ2n) is 5.20. The van der Waals surface area contributed by atoms with Crippen LogP contribution in [0.4, 0.5) is 11.4 Å². The first-order chi connectivity index (χ1) is 11.1. The number of hydrogen-bond acceptors (Lipinski definition) is 3. The van der Waals surface area contributed by atoms with Crippen LogP contribution >= 0.6 is 23.2 Å². The Bertz CT molecular complexity index is 698. The van der Waals surface area contributed by atoms with Crippen LogP contribution < -0.4 is 10.3 Å². The van der Waals surface area contributed by atoms with E-state index in [4.69, 9.17) is 28.3 Å². The van der Waals surface area contributed by atoms with Gasteiger partial charge in [-0.05, 0) is 43.7 Å². The van der Waals surface area contributed by atoms with E-state index in [1.807, 2.05) is 61.4 Å². The maximum Gasteiger partial charge on any atom is 0.0780 e. The van der Waals surface area contributed by atoms with Gasteiger partial charge in [0, 0.05) is 29.9 Å². The average molecular weight is 350 g/mol. The highest BCUT2D eigenvalue weighted by Gasteiger charge is 2.11. The summed E-state index contributed by atoms with van der Waals surface area (Å²) in [5.41, 5.74) is 3.76. The predicted molar refractivity (Wildman–Crippen MR) is 102 cm³/mol. The minimum absolute atomic E-state index is 0.688. The zero-order valence-corrected chi connectivity index (χ0v) is 15.1. The van der Waals surface area contributed by atoms with E-state index < -0.39 is 0 Å². The van der Waals surface area contributed by atoms with Gasteiger partial charge in [-0.15, -0.1) is 0 Å². The van der Waals surface area contributed by atoms with E-state index in [0.29, 0.717) is 10.0 Å². The minimum Gasteiger partial charge on any atom is -0.388 e. The van der Waals surface area contributed by atoms with Gasteiger partial charge in [0.1, 0.15) is 0 Å². The molecule has 2 aromatic rings. The fourth-order valence-corrected chi connectivity index (χ4v) is 2.77. The van der Waals surface area contributed by atoms with Crippen LogP contribution in [0.15, 0.2) is 47.6 Å². The molecule has 0 fully saturated rings. The molecule has 1 N–H and O–H groups in total. The topological polar surface area (TPSA) is 27.6 Å². The Kier molecular flexibility index (Phi) is 6.31. The van der Waals surface area contributed by atoms with Crippen molar-refractivity contribution in [2.24, 2.45) is 5.10 Å². The quantitative estimate of drug-likeness (QED) is 0.536.